The lowest BCUT2D eigenvalue weighted by Crippen LogP contribution is -2.29. The van der Waals surface area contributed by atoms with Crippen LogP contribution in [-0.4, -0.2) is 29.1 Å². The van der Waals surface area contributed by atoms with E-state index in [-0.39, 0.29) is 17.1 Å². The summed E-state index contributed by atoms with van der Waals surface area (Å²) in [5.41, 5.74) is 6.74. The van der Waals surface area contributed by atoms with E-state index in [1.54, 1.807) is 31.6 Å². The van der Waals surface area contributed by atoms with Crippen LogP contribution in [0.3, 0.4) is 0 Å². The predicted octanol–water partition coefficient (Wildman–Crippen LogP) is 6.48. The van der Waals surface area contributed by atoms with Gasteiger partial charge in [0.15, 0.2) is 0 Å². The van der Waals surface area contributed by atoms with Crippen molar-refractivity contribution in [2.24, 2.45) is 0 Å². The van der Waals surface area contributed by atoms with Crippen LogP contribution in [0, 0.1) is 19.7 Å². The molecule has 5 rings (SSSR count). The fourth-order valence-electron chi connectivity index (χ4n) is 5.76. The van der Waals surface area contributed by atoms with E-state index in [2.05, 4.69) is 35.4 Å². The van der Waals surface area contributed by atoms with Gasteiger partial charge in [-0.15, -0.1) is 0 Å². The summed E-state index contributed by atoms with van der Waals surface area (Å²) in [6.07, 6.45) is 10.3. The number of fused-ring (bicyclic) bond motifs is 1. The van der Waals surface area contributed by atoms with Gasteiger partial charge in [-0.1, -0.05) is 48.0 Å². The van der Waals surface area contributed by atoms with Crippen LogP contribution in [-0.2, 0) is 16.6 Å². The molecule has 0 bridgehead atoms. The molecule has 6 heteroatoms. The van der Waals surface area contributed by atoms with Crippen molar-refractivity contribution in [3.8, 4) is 11.4 Å². The number of imidazole rings is 1. The van der Waals surface area contributed by atoms with E-state index < -0.39 is 0 Å². The van der Waals surface area contributed by atoms with Crippen LogP contribution in [0.2, 0.25) is 0 Å². The average Bonchev–Trinajstić information content (AvgIpc) is 3.54. The van der Waals surface area contributed by atoms with Gasteiger partial charge in [0.1, 0.15) is 11.6 Å². The Morgan fingerprint density at radius 3 is 2.74 bits per heavy atom. The Morgan fingerprint density at radius 2 is 1.97 bits per heavy atom. The Hall–Kier alpha value is -4.19. The Bertz CT molecular complexity index is 1520. The number of nitrogens with one attached hydrogen (secondary N) is 1. The van der Waals surface area contributed by atoms with Crippen molar-refractivity contribution in [2.45, 2.75) is 44.9 Å². The van der Waals surface area contributed by atoms with E-state index in [1.807, 2.05) is 48.0 Å². The summed E-state index contributed by atoms with van der Waals surface area (Å²) in [7, 11) is 1.63. The van der Waals surface area contributed by atoms with Crippen LogP contribution >= 0.6 is 0 Å². The fourth-order valence-corrected chi connectivity index (χ4v) is 5.76. The average molecular weight is 524 g/mol. The van der Waals surface area contributed by atoms with Gasteiger partial charge in [0.2, 0.25) is 5.91 Å². The number of aryl methyl sites for hydroxylation is 3. The molecular weight excluding hydrogens is 489 g/mol. The van der Waals surface area contributed by atoms with E-state index in [4.69, 9.17) is 4.74 Å². The largest absolute Gasteiger partial charge is 0.495 e. The van der Waals surface area contributed by atoms with Gasteiger partial charge in [0.25, 0.3) is 0 Å². The lowest BCUT2D eigenvalue weighted by atomic mass is 9.71. The summed E-state index contributed by atoms with van der Waals surface area (Å²) in [6, 6.07) is 19.4. The zero-order valence-corrected chi connectivity index (χ0v) is 22.7. The second-order valence-corrected chi connectivity index (χ2v) is 10.3. The molecule has 0 radical (unpaired) electrons. The summed E-state index contributed by atoms with van der Waals surface area (Å²) < 4.78 is 22.5. The van der Waals surface area contributed by atoms with Crippen molar-refractivity contribution in [2.75, 3.05) is 13.7 Å². The van der Waals surface area contributed by atoms with Crippen molar-refractivity contribution in [1.29, 1.82) is 0 Å². The van der Waals surface area contributed by atoms with E-state index in [9.17, 15) is 4.79 Å². The number of rotatable bonds is 9. The summed E-state index contributed by atoms with van der Waals surface area (Å²) >= 11 is 0. The van der Waals surface area contributed by atoms with Gasteiger partial charge in [0.05, 0.1) is 24.8 Å². The summed E-state index contributed by atoms with van der Waals surface area (Å²) in [5, 5.41) is 3.00. The number of methoxy groups -OCH3 is 1. The molecular formula is C33H34FN3O2. The molecule has 0 fully saturated rings. The molecule has 0 aliphatic heterocycles. The first-order chi connectivity index (χ1) is 18.9. The molecule has 1 atom stereocenters. The molecule has 1 unspecified atom stereocenters. The highest BCUT2D eigenvalue weighted by molar-refractivity contribution is 5.91. The summed E-state index contributed by atoms with van der Waals surface area (Å²) in [4.78, 5) is 16.9. The van der Waals surface area contributed by atoms with E-state index >= 15 is 4.39 Å². The third-order valence-corrected chi connectivity index (χ3v) is 7.69. The monoisotopic (exact) mass is 523 g/mol. The number of halogens is 1. The van der Waals surface area contributed by atoms with Crippen molar-refractivity contribution >= 4 is 12.0 Å². The number of hydrogen-bond donors (Lipinski definition) is 1. The molecule has 1 heterocycles. The number of hydrogen-bond acceptors (Lipinski definition) is 3. The number of benzene rings is 3. The van der Waals surface area contributed by atoms with Crippen molar-refractivity contribution < 1.29 is 13.9 Å². The maximum Gasteiger partial charge on any atom is 0.243 e. The SMILES string of the molecule is COc1cc(/C=C/C(=O)NCCCC2(c3ccccc3F)CCc3ccc(C)cc32)ccc1-n1cnc(C)c1. The molecule has 0 spiro atoms. The fraction of sp³-hybridized carbons (Fsp3) is 0.273. The van der Waals surface area contributed by atoms with E-state index in [0.717, 1.165) is 48.2 Å². The number of ether oxygens (including phenoxy) is 1. The maximum absolute atomic E-state index is 15.1. The van der Waals surface area contributed by atoms with E-state index in [1.165, 1.54) is 22.8 Å². The first-order valence-electron chi connectivity index (χ1n) is 13.4. The molecule has 1 N–H and O–H groups in total. The lowest BCUT2D eigenvalue weighted by Gasteiger charge is -2.32. The second kappa shape index (κ2) is 11.3. The Balaban J connectivity index is 1.24. The highest BCUT2D eigenvalue weighted by atomic mass is 19.1. The van der Waals surface area contributed by atoms with Crippen LogP contribution < -0.4 is 10.1 Å². The van der Waals surface area contributed by atoms with Crippen LogP contribution in [0.1, 0.15) is 52.8 Å². The Kier molecular flexibility index (Phi) is 7.64. The maximum atomic E-state index is 15.1. The van der Waals surface area contributed by atoms with Gasteiger partial charge >= 0.3 is 0 Å². The molecule has 1 aromatic heterocycles. The second-order valence-electron chi connectivity index (χ2n) is 10.3. The van der Waals surface area contributed by atoms with Crippen molar-refractivity contribution in [3.63, 3.8) is 0 Å². The minimum atomic E-state index is -0.376. The normalized spacial score (nSPS) is 16.4. The number of amides is 1. The van der Waals surface area contributed by atoms with Gasteiger partial charge in [0, 0.05) is 24.2 Å². The van der Waals surface area contributed by atoms with Crippen LogP contribution in [0.4, 0.5) is 4.39 Å². The minimum Gasteiger partial charge on any atom is -0.495 e. The lowest BCUT2D eigenvalue weighted by molar-refractivity contribution is -0.116. The van der Waals surface area contributed by atoms with Crippen LogP contribution in [0.5, 0.6) is 5.75 Å². The van der Waals surface area contributed by atoms with Gasteiger partial charge in [-0.3, -0.25) is 4.79 Å². The molecule has 4 aromatic rings. The summed E-state index contributed by atoms with van der Waals surface area (Å²) in [6.45, 7) is 4.54. The molecule has 200 valence electrons. The third kappa shape index (κ3) is 5.51. The zero-order valence-electron chi connectivity index (χ0n) is 22.7. The quantitative estimate of drug-likeness (QED) is 0.202. The number of aromatic nitrogens is 2. The molecule has 39 heavy (non-hydrogen) atoms. The van der Waals surface area contributed by atoms with Gasteiger partial charge in [-0.2, -0.15) is 0 Å². The third-order valence-electron chi connectivity index (χ3n) is 7.69. The highest BCUT2D eigenvalue weighted by Crippen LogP contribution is 2.48. The number of carbonyl (C=O) groups excluding carboxylic acids is 1. The van der Waals surface area contributed by atoms with Crippen molar-refractivity contribution in [1.82, 2.24) is 14.9 Å². The van der Waals surface area contributed by atoms with Crippen LogP contribution in [0.15, 0.2) is 79.3 Å². The molecule has 0 saturated carbocycles. The standard InChI is InChI=1S/C33H34FN3O2/c1-23-9-12-26-15-17-33(28(26)19-23,27-7-4-5-8-29(27)34)16-6-18-35-32(38)14-11-25-10-13-30(31(20-25)39-3)37-21-24(2)36-22-37/h4-5,7-14,19-22H,6,15-18H2,1-3H3,(H,35,38)/b14-11+. The molecule has 5 nitrogen and oxygen atoms in total. The number of carbonyl (C=O) groups is 1. The molecule has 1 aliphatic rings. The molecule has 1 aliphatic carbocycles. The van der Waals surface area contributed by atoms with E-state index in [0.29, 0.717) is 12.3 Å². The van der Waals surface area contributed by atoms with Gasteiger partial charge in [-0.25, -0.2) is 9.37 Å². The zero-order chi connectivity index (χ0) is 27.4. The van der Waals surface area contributed by atoms with Gasteiger partial charge in [-0.05, 0) is 86.1 Å². The topological polar surface area (TPSA) is 56.1 Å². The Labute approximate surface area is 229 Å². The van der Waals surface area contributed by atoms with Gasteiger partial charge < -0.3 is 14.6 Å². The first-order valence-corrected chi connectivity index (χ1v) is 13.4. The molecule has 1 amide bonds. The number of nitrogens with zero attached hydrogens (tertiary/aromatic N) is 2. The Morgan fingerprint density at radius 1 is 1.13 bits per heavy atom. The smallest absolute Gasteiger partial charge is 0.243 e. The molecule has 0 saturated heterocycles. The summed E-state index contributed by atoms with van der Waals surface area (Å²) in [5.74, 6) is 0.370. The van der Waals surface area contributed by atoms with Crippen molar-refractivity contribution in [3.05, 3.63) is 119 Å². The van der Waals surface area contributed by atoms with Crippen LogP contribution in [0.25, 0.3) is 11.8 Å². The highest BCUT2D eigenvalue weighted by Gasteiger charge is 2.41. The predicted molar refractivity (Wildman–Crippen MR) is 153 cm³/mol. The first kappa shape index (κ1) is 26.4. The minimum absolute atomic E-state index is 0.161. The molecule has 3 aromatic carbocycles.